The number of anilines is 2. The van der Waals surface area contributed by atoms with Crippen molar-refractivity contribution in [2.75, 3.05) is 30.8 Å². The number of nitrogen functional groups attached to an aromatic ring is 1. The van der Waals surface area contributed by atoms with Crippen molar-refractivity contribution in [1.82, 2.24) is 4.98 Å². The Bertz CT molecular complexity index is 414. The van der Waals surface area contributed by atoms with Crippen LogP contribution in [0.5, 0.6) is 5.88 Å². The number of halogens is 2. The molecule has 0 radical (unpaired) electrons. The molecular formula is C12H19F2N3O2. The lowest BCUT2D eigenvalue weighted by Crippen LogP contribution is -2.31. The Morgan fingerprint density at radius 1 is 1.47 bits per heavy atom. The topological polar surface area (TPSA) is 80.4 Å². The van der Waals surface area contributed by atoms with Crippen molar-refractivity contribution < 1.29 is 18.6 Å². The summed E-state index contributed by atoms with van der Waals surface area (Å²) < 4.78 is 31.1. The number of nitrogens with two attached hydrogens (primary N) is 1. The van der Waals surface area contributed by atoms with Crippen molar-refractivity contribution in [2.45, 2.75) is 19.8 Å². The molecule has 0 aliphatic carbocycles. The van der Waals surface area contributed by atoms with E-state index < -0.39 is 19.1 Å². The molecule has 108 valence electrons. The number of aliphatic hydroxyl groups is 1. The zero-order valence-corrected chi connectivity index (χ0v) is 11.0. The second-order valence-electron chi connectivity index (χ2n) is 4.66. The average molecular weight is 275 g/mol. The Kier molecular flexibility index (Phi) is 5.29. The normalized spacial score (nSPS) is 11.7. The molecule has 1 aromatic heterocycles. The van der Waals surface area contributed by atoms with Gasteiger partial charge >= 0.3 is 0 Å². The van der Waals surface area contributed by atoms with E-state index in [9.17, 15) is 8.78 Å². The molecule has 0 amide bonds. The highest BCUT2D eigenvalue weighted by molar-refractivity contribution is 5.53. The fraction of sp³-hybridized carbons (Fsp3) is 0.583. The van der Waals surface area contributed by atoms with Crippen LogP contribution in [0, 0.1) is 5.92 Å². The van der Waals surface area contributed by atoms with Crippen LogP contribution in [-0.4, -0.2) is 35.8 Å². The molecule has 4 N–H and O–H groups in total. The van der Waals surface area contributed by atoms with Crippen LogP contribution in [0.1, 0.15) is 13.8 Å². The predicted molar refractivity (Wildman–Crippen MR) is 69.5 cm³/mol. The van der Waals surface area contributed by atoms with E-state index in [-0.39, 0.29) is 11.7 Å². The number of rotatable bonds is 7. The molecule has 0 unspecified atom stereocenters. The van der Waals surface area contributed by atoms with Gasteiger partial charge in [-0.15, -0.1) is 0 Å². The Morgan fingerprint density at radius 3 is 2.74 bits per heavy atom. The van der Waals surface area contributed by atoms with E-state index in [1.165, 1.54) is 12.1 Å². The van der Waals surface area contributed by atoms with Gasteiger partial charge < -0.3 is 20.9 Å². The van der Waals surface area contributed by atoms with Crippen molar-refractivity contribution in [1.29, 1.82) is 0 Å². The maximum absolute atomic E-state index is 12.9. The summed E-state index contributed by atoms with van der Waals surface area (Å²) in [6.07, 6.45) is 0. The van der Waals surface area contributed by atoms with Crippen LogP contribution in [0.3, 0.4) is 0 Å². The van der Waals surface area contributed by atoms with Gasteiger partial charge in [-0.3, -0.25) is 0 Å². The quantitative estimate of drug-likeness (QED) is 0.706. The molecule has 1 aromatic rings. The van der Waals surface area contributed by atoms with Crippen molar-refractivity contribution in [2.24, 2.45) is 5.92 Å². The molecule has 0 fully saturated rings. The molecule has 0 spiro atoms. The van der Waals surface area contributed by atoms with E-state index in [1.54, 1.807) is 0 Å². The monoisotopic (exact) mass is 275 g/mol. The SMILES string of the molecule is CC(C)COc1nc(NCC(F)(F)CO)ccc1N. The number of hydrogen-bond donors (Lipinski definition) is 3. The highest BCUT2D eigenvalue weighted by Crippen LogP contribution is 2.22. The van der Waals surface area contributed by atoms with Gasteiger partial charge in [-0.25, -0.2) is 8.78 Å². The largest absolute Gasteiger partial charge is 0.476 e. The molecule has 0 aliphatic heterocycles. The maximum Gasteiger partial charge on any atom is 0.287 e. The predicted octanol–water partition coefficient (Wildman–Crippen LogP) is 1.74. The molecule has 0 saturated heterocycles. The van der Waals surface area contributed by atoms with E-state index in [1.807, 2.05) is 13.8 Å². The molecule has 5 nitrogen and oxygen atoms in total. The summed E-state index contributed by atoms with van der Waals surface area (Å²) in [6.45, 7) is 2.46. The first-order chi connectivity index (χ1) is 8.84. The van der Waals surface area contributed by atoms with Gasteiger partial charge in [-0.1, -0.05) is 13.8 Å². The lowest BCUT2D eigenvalue weighted by molar-refractivity contribution is -0.0373. The van der Waals surface area contributed by atoms with Crippen molar-refractivity contribution in [3.63, 3.8) is 0 Å². The zero-order chi connectivity index (χ0) is 14.5. The number of nitrogens with one attached hydrogen (secondary N) is 1. The van der Waals surface area contributed by atoms with Gasteiger partial charge in [0.15, 0.2) is 0 Å². The fourth-order valence-electron chi connectivity index (χ4n) is 1.19. The highest BCUT2D eigenvalue weighted by atomic mass is 19.3. The Balaban J connectivity index is 2.67. The molecule has 0 saturated carbocycles. The van der Waals surface area contributed by atoms with Gasteiger partial charge in [-0.2, -0.15) is 4.98 Å². The minimum absolute atomic E-state index is 0.214. The van der Waals surface area contributed by atoms with Crippen LogP contribution >= 0.6 is 0 Å². The summed E-state index contributed by atoms with van der Waals surface area (Å²) in [5.41, 5.74) is 6.03. The van der Waals surface area contributed by atoms with Crippen molar-refractivity contribution in [3.8, 4) is 5.88 Å². The third kappa shape index (κ3) is 5.25. The van der Waals surface area contributed by atoms with Crippen molar-refractivity contribution >= 4 is 11.5 Å². The fourth-order valence-corrected chi connectivity index (χ4v) is 1.19. The summed E-state index contributed by atoms with van der Waals surface area (Å²) in [5, 5.41) is 10.9. The number of aromatic nitrogens is 1. The van der Waals surface area contributed by atoms with Crippen LogP contribution in [0.4, 0.5) is 20.3 Å². The van der Waals surface area contributed by atoms with E-state index in [4.69, 9.17) is 15.6 Å². The first kappa shape index (κ1) is 15.4. The summed E-state index contributed by atoms with van der Waals surface area (Å²) in [7, 11) is 0. The standard InChI is InChI=1S/C12H19F2N3O2/c1-8(2)5-19-11-9(15)3-4-10(17-11)16-6-12(13,14)7-18/h3-4,8,18H,5-7,15H2,1-2H3,(H,16,17). The van der Waals surface area contributed by atoms with Gasteiger partial charge in [-0.05, 0) is 18.1 Å². The van der Waals surface area contributed by atoms with Gasteiger partial charge in [0.1, 0.15) is 12.4 Å². The average Bonchev–Trinajstić information content (AvgIpc) is 2.36. The third-order valence-corrected chi connectivity index (χ3v) is 2.20. The minimum atomic E-state index is -3.19. The third-order valence-electron chi connectivity index (χ3n) is 2.20. The molecule has 0 aromatic carbocycles. The molecule has 0 aliphatic rings. The Hall–Kier alpha value is -1.63. The van der Waals surface area contributed by atoms with Crippen LogP contribution in [0.15, 0.2) is 12.1 Å². The summed E-state index contributed by atoms with van der Waals surface area (Å²) in [6, 6.07) is 3.01. The summed E-state index contributed by atoms with van der Waals surface area (Å²) >= 11 is 0. The number of aliphatic hydroxyl groups excluding tert-OH is 1. The second kappa shape index (κ2) is 6.51. The number of nitrogens with zero attached hydrogens (tertiary/aromatic N) is 1. The van der Waals surface area contributed by atoms with E-state index in [0.29, 0.717) is 18.2 Å². The number of pyridine rings is 1. The molecule has 1 heterocycles. The Labute approximate surface area is 110 Å². The van der Waals surface area contributed by atoms with E-state index in [0.717, 1.165) is 0 Å². The van der Waals surface area contributed by atoms with E-state index >= 15 is 0 Å². The second-order valence-corrected chi connectivity index (χ2v) is 4.66. The number of alkyl halides is 2. The summed E-state index contributed by atoms with van der Waals surface area (Å²) in [4.78, 5) is 4.01. The highest BCUT2D eigenvalue weighted by Gasteiger charge is 2.27. The number of hydrogen-bond acceptors (Lipinski definition) is 5. The zero-order valence-electron chi connectivity index (χ0n) is 11.0. The van der Waals surface area contributed by atoms with Gasteiger partial charge in [0, 0.05) is 0 Å². The van der Waals surface area contributed by atoms with Crippen LogP contribution in [0.2, 0.25) is 0 Å². The molecule has 0 atom stereocenters. The minimum Gasteiger partial charge on any atom is -0.476 e. The smallest absolute Gasteiger partial charge is 0.287 e. The molecule has 1 rings (SSSR count). The first-order valence-corrected chi connectivity index (χ1v) is 5.96. The molecular weight excluding hydrogens is 256 g/mol. The molecule has 7 heteroatoms. The Morgan fingerprint density at radius 2 is 2.16 bits per heavy atom. The lowest BCUT2D eigenvalue weighted by Gasteiger charge is -2.15. The maximum atomic E-state index is 12.9. The van der Waals surface area contributed by atoms with Crippen LogP contribution in [0.25, 0.3) is 0 Å². The lowest BCUT2D eigenvalue weighted by atomic mass is 10.2. The van der Waals surface area contributed by atoms with E-state index in [2.05, 4.69) is 10.3 Å². The van der Waals surface area contributed by atoms with Gasteiger partial charge in [0.05, 0.1) is 18.8 Å². The summed E-state index contributed by atoms with van der Waals surface area (Å²) in [5.74, 6) is -2.45. The van der Waals surface area contributed by atoms with Crippen LogP contribution < -0.4 is 15.8 Å². The first-order valence-electron chi connectivity index (χ1n) is 5.96. The molecule has 19 heavy (non-hydrogen) atoms. The molecule has 0 bridgehead atoms. The van der Waals surface area contributed by atoms with Gasteiger partial charge in [0.25, 0.3) is 5.92 Å². The number of ether oxygens (including phenoxy) is 1. The van der Waals surface area contributed by atoms with Crippen molar-refractivity contribution in [3.05, 3.63) is 12.1 Å². The van der Waals surface area contributed by atoms with Crippen LogP contribution in [-0.2, 0) is 0 Å². The van der Waals surface area contributed by atoms with Gasteiger partial charge in [0.2, 0.25) is 5.88 Å².